The normalized spacial score (nSPS) is 13.7. The van der Waals surface area contributed by atoms with Crippen LogP contribution < -0.4 is 9.80 Å². The number of hydrogen-bond donors (Lipinski definition) is 0. The van der Waals surface area contributed by atoms with Gasteiger partial charge in [0.2, 0.25) is 0 Å². The molecule has 0 saturated carbocycles. The molecular formula is C80H56N2S5. The van der Waals surface area contributed by atoms with Crippen molar-refractivity contribution in [3.63, 3.8) is 0 Å². The average Bonchev–Trinajstić information content (AvgIpc) is 4.31. The topological polar surface area (TPSA) is 6.48 Å². The van der Waals surface area contributed by atoms with Gasteiger partial charge in [-0.05, 0) is 189 Å². The molecule has 2 nitrogen and oxygen atoms in total. The Morgan fingerprint density at radius 1 is 0.230 bits per heavy atom. The van der Waals surface area contributed by atoms with Gasteiger partial charge >= 0.3 is 0 Å². The van der Waals surface area contributed by atoms with E-state index in [4.69, 9.17) is 0 Å². The van der Waals surface area contributed by atoms with Gasteiger partial charge in [0.1, 0.15) is 0 Å². The van der Waals surface area contributed by atoms with Crippen LogP contribution in [0.2, 0.25) is 0 Å². The zero-order valence-electron chi connectivity index (χ0n) is 47.3. The third-order valence-corrected chi connectivity index (χ3v) is 22.9. The molecule has 5 heterocycles. The van der Waals surface area contributed by atoms with E-state index in [0.717, 1.165) is 40.5 Å². The van der Waals surface area contributed by atoms with Crippen molar-refractivity contribution in [1.29, 1.82) is 0 Å². The van der Waals surface area contributed by atoms with Gasteiger partial charge in [-0.2, -0.15) is 0 Å². The first-order chi connectivity index (χ1) is 43.0. The lowest BCUT2D eigenvalue weighted by atomic mass is 9.92. The fourth-order valence-electron chi connectivity index (χ4n) is 11.7. The Morgan fingerprint density at radius 2 is 0.494 bits per heavy atom. The predicted molar refractivity (Wildman–Crippen MR) is 379 cm³/mol. The lowest BCUT2D eigenvalue weighted by molar-refractivity contribution is 0.787. The van der Waals surface area contributed by atoms with Crippen LogP contribution in [0.3, 0.4) is 0 Å². The summed E-state index contributed by atoms with van der Waals surface area (Å²) in [5.41, 5.74) is 18.9. The number of allylic oxidation sites excluding steroid dienone is 1. The molecule has 0 N–H and O–H groups in total. The largest absolute Gasteiger partial charge is 0.311 e. The molecule has 0 amide bonds. The van der Waals surface area contributed by atoms with Crippen LogP contribution in [0.1, 0.15) is 16.9 Å². The molecule has 0 bridgehead atoms. The van der Waals surface area contributed by atoms with Crippen molar-refractivity contribution in [2.45, 2.75) is 11.2 Å². The molecule has 0 aliphatic carbocycles. The van der Waals surface area contributed by atoms with Crippen molar-refractivity contribution in [3.05, 3.63) is 337 Å². The Bertz CT molecular complexity index is 4450. The monoisotopic (exact) mass is 1200 g/mol. The second-order valence-corrected chi connectivity index (χ2v) is 27.1. The second-order valence-electron chi connectivity index (χ2n) is 21.6. The maximum Gasteiger partial charge on any atom is 0.0825 e. The molecule has 1 atom stereocenters. The zero-order valence-corrected chi connectivity index (χ0v) is 51.4. The first kappa shape index (κ1) is 54.3. The van der Waals surface area contributed by atoms with E-state index in [1.54, 1.807) is 0 Å². The molecule has 1 unspecified atom stereocenters. The lowest BCUT2D eigenvalue weighted by Gasteiger charge is -2.30. The third kappa shape index (κ3) is 11.2. The van der Waals surface area contributed by atoms with E-state index >= 15 is 0 Å². The molecule has 0 fully saturated rings. The molecule has 7 heteroatoms. The highest BCUT2D eigenvalue weighted by molar-refractivity contribution is 8.03. The number of nitrogens with zero attached hydrogens (tertiary/aromatic N) is 2. The summed E-state index contributed by atoms with van der Waals surface area (Å²) >= 11 is 9.50. The summed E-state index contributed by atoms with van der Waals surface area (Å²) in [6, 6.07) is 115. The van der Waals surface area contributed by atoms with Gasteiger partial charge in [-0.1, -0.05) is 200 Å². The van der Waals surface area contributed by atoms with E-state index in [-0.39, 0.29) is 4.75 Å². The lowest BCUT2D eigenvalue weighted by Crippen LogP contribution is -2.19. The number of thioether (sulfide) groups is 1. The highest BCUT2D eigenvalue weighted by atomic mass is 32.2. The van der Waals surface area contributed by atoms with Crippen molar-refractivity contribution in [2.75, 3.05) is 9.80 Å². The summed E-state index contributed by atoms with van der Waals surface area (Å²) in [6.45, 7) is 0. The number of thiophene rings is 4. The van der Waals surface area contributed by atoms with Crippen LogP contribution in [0.25, 0.3) is 84.2 Å². The van der Waals surface area contributed by atoms with Crippen LogP contribution >= 0.6 is 57.1 Å². The summed E-state index contributed by atoms with van der Waals surface area (Å²) in [4.78, 5) is 15.1. The average molecular weight is 1210 g/mol. The van der Waals surface area contributed by atoms with Crippen LogP contribution in [0.5, 0.6) is 0 Å². The minimum Gasteiger partial charge on any atom is -0.311 e. The van der Waals surface area contributed by atoms with Crippen molar-refractivity contribution in [1.82, 2.24) is 0 Å². The van der Waals surface area contributed by atoms with Gasteiger partial charge < -0.3 is 9.80 Å². The van der Waals surface area contributed by atoms with Crippen LogP contribution in [-0.2, 0) is 4.75 Å². The molecule has 10 aromatic carbocycles. The van der Waals surface area contributed by atoms with Crippen molar-refractivity contribution >= 4 is 91.2 Å². The summed E-state index contributed by atoms with van der Waals surface area (Å²) < 4.78 is -0.197. The molecule has 0 saturated heterocycles. The number of rotatable bonds is 16. The van der Waals surface area contributed by atoms with Crippen molar-refractivity contribution in [3.8, 4) is 84.2 Å². The van der Waals surface area contributed by atoms with Crippen molar-refractivity contribution in [2.24, 2.45) is 0 Å². The van der Waals surface area contributed by atoms with Gasteiger partial charge in [0.05, 0.1) is 4.75 Å². The number of hydrogen-bond acceptors (Lipinski definition) is 7. The van der Waals surface area contributed by atoms with Gasteiger partial charge in [-0.25, -0.2) is 0 Å². The van der Waals surface area contributed by atoms with Crippen LogP contribution in [0.15, 0.2) is 327 Å². The summed E-state index contributed by atoms with van der Waals surface area (Å²) in [7, 11) is 0. The van der Waals surface area contributed by atoms with E-state index in [1.165, 1.54) is 94.7 Å². The summed E-state index contributed by atoms with van der Waals surface area (Å²) in [6.07, 6.45) is 3.28. The number of benzene rings is 10. The predicted octanol–water partition coefficient (Wildman–Crippen LogP) is 25.1. The van der Waals surface area contributed by atoms with E-state index in [2.05, 4.69) is 337 Å². The molecule has 15 rings (SSSR count). The molecule has 416 valence electrons. The van der Waals surface area contributed by atoms with Crippen LogP contribution in [-0.4, -0.2) is 0 Å². The smallest absolute Gasteiger partial charge is 0.0825 e. The zero-order chi connectivity index (χ0) is 57.9. The molecular weight excluding hydrogens is 1150 g/mol. The first-order valence-electron chi connectivity index (χ1n) is 29.2. The van der Waals surface area contributed by atoms with Gasteiger partial charge in [-0.3, -0.25) is 0 Å². The fourth-order valence-corrected chi connectivity index (χ4v) is 17.5. The van der Waals surface area contributed by atoms with E-state index in [0.29, 0.717) is 0 Å². The first-order valence-corrected chi connectivity index (χ1v) is 33.4. The molecule has 1 aliphatic rings. The Balaban J connectivity index is 0.654. The SMILES string of the molecule is C1=CSC(c2ccc(N(c3ccc(-c4ccccc4)cc3)c3ccc(-c4ccccc4)cc3)cc2)(c2ccc(-c3ccc(-c4ccc(-c5ccc(-c6ccc(N(c7ccc(-c8ccccc8)cc7)c7ccc(-c8ccccc8)cc7)cc6)s5)s4)s3)s2)C1. The van der Waals surface area contributed by atoms with E-state index < -0.39 is 0 Å². The van der Waals surface area contributed by atoms with Gasteiger partial charge in [-0.15, -0.1) is 57.1 Å². The maximum atomic E-state index is 2.38. The molecule has 87 heavy (non-hydrogen) atoms. The second kappa shape index (κ2) is 24.2. The molecule has 14 aromatic rings. The fraction of sp³-hybridized carbons (Fsp3) is 0.0250. The highest BCUT2D eigenvalue weighted by Crippen LogP contribution is 2.55. The summed E-state index contributed by atoms with van der Waals surface area (Å²) in [5.74, 6) is 0. The molecule has 0 spiro atoms. The highest BCUT2D eigenvalue weighted by Gasteiger charge is 2.38. The van der Waals surface area contributed by atoms with Gasteiger partial charge in [0, 0.05) is 73.1 Å². The Hall–Kier alpha value is -9.31. The Labute approximate surface area is 529 Å². The van der Waals surface area contributed by atoms with Gasteiger partial charge in [0.15, 0.2) is 0 Å². The quantitative estimate of drug-likeness (QED) is 0.0952. The van der Waals surface area contributed by atoms with E-state index in [9.17, 15) is 0 Å². The Kier molecular flexibility index (Phi) is 15.1. The molecule has 0 radical (unpaired) electrons. The van der Waals surface area contributed by atoms with E-state index in [1.807, 2.05) is 57.1 Å². The third-order valence-electron chi connectivity index (χ3n) is 16.3. The minimum absolute atomic E-state index is 0.197. The van der Waals surface area contributed by atoms with Crippen molar-refractivity contribution < 1.29 is 0 Å². The Morgan fingerprint density at radius 3 is 0.816 bits per heavy atom. The molecule has 4 aromatic heterocycles. The molecule has 1 aliphatic heterocycles. The van der Waals surface area contributed by atoms with Gasteiger partial charge in [0.25, 0.3) is 0 Å². The maximum absolute atomic E-state index is 2.38. The van der Waals surface area contributed by atoms with Crippen LogP contribution in [0.4, 0.5) is 34.1 Å². The standard InChI is InChI=1S/C80H56N2S5/c1-5-14-56(15-6-1)60-22-34-66(35-23-60)81(67-36-24-61(25-37-67)57-16-7-2-8-17-57)70-42-30-64(31-43-70)72-46-47-73(84-72)74-48-49-75(85-74)76-50-51-77(86-76)78-52-53-79(87-78)80(54-13-55-83-80)65-32-44-71(45-33-65)82(68-38-26-62(27-39-68)58-18-9-3-10-19-58)69-40-28-63(29-41-69)59-20-11-4-12-21-59/h1-53,55H,54H2. The van der Waals surface area contributed by atoms with Crippen LogP contribution in [0, 0.1) is 0 Å². The summed E-state index contributed by atoms with van der Waals surface area (Å²) in [5, 5.41) is 2.29. The number of anilines is 6. The minimum atomic E-state index is -0.197.